The van der Waals surface area contributed by atoms with Crippen LogP contribution in [0.5, 0.6) is 0 Å². The van der Waals surface area contributed by atoms with Crippen LogP contribution in [0.1, 0.15) is 11.1 Å². The van der Waals surface area contributed by atoms with E-state index in [-0.39, 0.29) is 5.69 Å². The fourth-order valence-corrected chi connectivity index (χ4v) is 3.97. The van der Waals surface area contributed by atoms with Gasteiger partial charge in [0, 0.05) is 31.9 Å². The largest absolute Gasteiger partial charge is 0.417 e. The van der Waals surface area contributed by atoms with Crippen molar-refractivity contribution in [2.75, 3.05) is 36.0 Å². The molecule has 1 saturated heterocycles. The van der Waals surface area contributed by atoms with Gasteiger partial charge < -0.3 is 9.80 Å². The Morgan fingerprint density at radius 2 is 1.61 bits per heavy atom. The molecule has 1 heterocycles. The van der Waals surface area contributed by atoms with Crippen LogP contribution in [0, 0.1) is 11.3 Å². The van der Waals surface area contributed by atoms with Gasteiger partial charge in [0.15, 0.2) is 0 Å². The number of hydrogen-bond donors (Lipinski definition) is 1. The maximum Gasteiger partial charge on any atom is 0.417 e. The van der Waals surface area contributed by atoms with Gasteiger partial charge in [0.1, 0.15) is 6.07 Å². The quantitative estimate of drug-likeness (QED) is 0.840. The minimum Gasteiger partial charge on any atom is -0.368 e. The molecule has 0 radical (unpaired) electrons. The summed E-state index contributed by atoms with van der Waals surface area (Å²) in [4.78, 5) is 2.80. The summed E-state index contributed by atoms with van der Waals surface area (Å²) >= 11 is 0. The minimum absolute atomic E-state index is 0.271. The van der Waals surface area contributed by atoms with E-state index < -0.39 is 26.7 Å². The topological polar surface area (TPSA) is 90.4 Å². The molecule has 0 atom stereocenters. The van der Waals surface area contributed by atoms with Crippen LogP contribution in [0.2, 0.25) is 0 Å². The number of rotatable bonds is 3. The molecule has 0 unspecified atom stereocenters. The first-order chi connectivity index (χ1) is 13.1. The average molecular weight is 410 g/mol. The highest BCUT2D eigenvalue weighted by Gasteiger charge is 2.37. The SMILES string of the molecule is N#Cc1ccccc1N1CCN(c2ccc(S(N)(=O)=O)c(C(F)(F)F)c2)CC1. The molecule has 28 heavy (non-hydrogen) atoms. The molecule has 2 N–H and O–H groups in total. The van der Waals surface area contributed by atoms with Crippen LogP contribution in [-0.4, -0.2) is 34.6 Å². The third-order valence-electron chi connectivity index (χ3n) is 4.59. The maximum absolute atomic E-state index is 13.3. The van der Waals surface area contributed by atoms with Gasteiger partial charge in [-0.3, -0.25) is 0 Å². The van der Waals surface area contributed by atoms with Crippen LogP contribution in [0.3, 0.4) is 0 Å². The lowest BCUT2D eigenvalue weighted by Gasteiger charge is -2.38. The van der Waals surface area contributed by atoms with Gasteiger partial charge in [-0.15, -0.1) is 0 Å². The number of benzene rings is 2. The number of para-hydroxylation sites is 1. The van der Waals surface area contributed by atoms with Crippen molar-refractivity contribution in [3.8, 4) is 6.07 Å². The standard InChI is InChI=1S/C18H17F3N4O2S/c19-18(20,21)15-11-14(5-6-17(15)28(23,26)27)24-7-9-25(10-8-24)16-4-2-1-3-13(16)12-22/h1-6,11H,7-10H2,(H2,23,26,27). The predicted octanol–water partition coefficient (Wildman–Crippen LogP) is 2.55. The lowest BCUT2D eigenvalue weighted by atomic mass is 10.1. The van der Waals surface area contributed by atoms with Crippen LogP contribution < -0.4 is 14.9 Å². The van der Waals surface area contributed by atoms with Gasteiger partial charge in [-0.05, 0) is 30.3 Å². The van der Waals surface area contributed by atoms with Crippen molar-refractivity contribution in [2.24, 2.45) is 5.14 Å². The highest BCUT2D eigenvalue weighted by Crippen LogP contribution is 2.36. The molecule has 10 heteroatoms. The summed E-state index contributed by atoms with van der Waals surface area (Å²) in [6.07, 6.45) is -4.84. The van der Waals surface area contributed by atoms with E-state index in [0.717, 1.165) is 17.8 Å². The van der Waals surface area contributed by atoms with E-state index in [0.29, 0.717) is 31.7 Å². The Balaban J connectivity index is 1.84. The zero-order valence-corrected chi connectivity index (χ0v) is 15.5. The number of sulfonamides is 1. The molecule has 0 aliphatic carbocycles. The van der Waals surface area contributed by atoms with Crippen LogP contribution in [0.4, 0.5) is 24.5 Å². The van der Waals surface area contributed by atoms with Crippen molar-refractivity contribution in [3.05, 3.63) is 53.6 Å². The first kappa shape index (κ1) is 20.0. The molecule has 1 fully saturated rings. The highest BCUT2D eigenvalue weighted by molar-refractivity contribution is 7.89. The number of nitrogens with zero attached hydrogens (tertiary/aromatic N) is 3. The third-order valence-corrected chi connectivity index (χ3v) is 5.55. The van der Waals surface area contributed by atoms with Gasteiger partial charge in [-0.25, -0.2) is 13.6 Å². The van der Waals surface area contributed by atoms with Gasteiger partial charge in [0.25, 0.3) is 0 Å². The van der Waals surface area contributed by atoms with Crippen molar-refractivity contribution in [2.45, 2.75) is 11.1 Å². The average Bonchev–Trinajstić information content (AvgIpc) is 2.66. The fraction of sp³-hybridized carbons (Fsp3) is 0.278. The molecule has 0 saturated carbocycles. The van der Waals surface area contributed by atoms with E-state index in [1.807, 2.05) is 17.0 Å². The van der Waals surface area contributed by atoms with E-state index in [2.05, 4.69) is 6.07 Å². The lowest BCUT2D eigenvalue weighted by molar-refractivity contribution is -0.139. The Bertz CT molecular complexity index is 1020. The number of hydrogen-bond acceptors (Lipinski definition) is 5. The number of nitriles is 1. The normalized spacial score (nSPS) is 15.4. The molecule has 0 spiro atoms. The second kappa shape index (κ2) is 7.33. The molecule has 148 valence electrons. The summed E-state index contributed by atoms with van der Waals surface area (Å²) in [6.45, 7) is 1.87. The molecule has 1 aliphatic heterocycles. The Labute approximate surface area is 160 Å². The van der Waals surface area contributed by atoms with E-state index in [4.69, 9.17) is 5.14 Å². The number of nitrogens with two attached hydrogens (primary N) is 1. The summed E-state index contributed by atoms with van der Waals surface area (Å²) in [5.74, 6) is 0. The van der Waals surface area contributed by atoms with Crippen molar-refractivity contribution >= 4 is 21.4 Å². The molecule has 6 nitrogen and oxygen atoms in total. The first-order valence-corrected chi connectivity index (χ1v) is 9.89. The van der Waals surface area contributed by atoms with Gasteiger partial charge in [-0.2, -0.15) is 18.4 Å². The number of anilines is 2. The zero-order chi connectivity index (χ0) is 20.5. The molecule has 0 aromatic heterocycles. The molecule has 2 aromatic rings. The molecule has 0 amide bonds. The summed E-state index contributed by atoms with van der Waals surface area (Å²) in [7, 11) is -4.49. The zero-order valence-electron chi connectivity index (χ0n) is 14.6. The third kappa shape index (κ3) is 4.05. The van der Waals surface area contributed by atoms with E-state index in [1.54, 1.807) is 17.0 Å². The van der Waals surface area contributed by atoms with Gasteiger partial charge in [-0.1, -0.05) is 12.1 Å². The van der Waals surface area contributed by atoms with Crippen LogP contribution in [-0.2, 0) is 16.2 Å². The smallest absolute Gasteiger partial charge is 0.368 e. The summed E-state index contributed by atoms with van der Waals surface area (Å²) in [5.41, 5.74) is 0.315. The number of piperazine rings is 1. The van der Waals surface area contributed by atoms with E-state index in [1.165, 1.54) is 6.07 Å². The fourth-order valence-electron chi connectivity index (χ4n) is 3.23. The van der Waals surface area contributed by atoms with Gasteiger partial charge in [0.05, 0.1) is 21.7 Å². The Hall–Kier alpha value is -2.77. The molecule has 0 bridgehead atoms. The molecule has 3 rings (SSSR count). The van der Waals surface area contributed by atoms with Gasteiger partial charge >= 0.3 is 6.18 Å². The van der Waals surface area contributed by atoms with Crippen LogP contribution in [0.25, 0.3) is 0 Å². The van der Waals surface area contributed by atoms with Crippen molar-refractivity contribution in [1.29, 1.82) is 5.26 Å². The Morgan fingerprint density at radius 3 is 2.18 bits per heavy atom. The highest BCUT2D eigenvalue weighted by atomic mass is 32.2. The monoisotopic (exact) mass is 410 g/mol. The second-order valence-corrected chi connectivity index (χ2v) is 7.86. The maximum atomic E-state index is 13.3. The number of primary sulfonamides is 1. The molecular formula is C18H17F3N4O2S. The van der Waals surface area contributed by atoms with E-state index >= 15 is 0 Å². The van der Waals surface area contributed by atoms with E-state index in [9.17, 15) is 26.9 Å². The molecular weight excluding hydrogens is 393 g/mol. The van der Waals surface area contributed by atoms with Gasteiger partial charge in [0.2, 0.25) is 10.0 Å². The molecule has 2 aromatic carbocycles. The second-order valence-electron chi connectivity index (χ2n) is 6.33. The number of alkyl halides is 3. The van der Waals surface area contributed by atoms with Crippen molar-refractivity contribution in [3.63, 3.8) is 0 Å². The van der Waals surface area contributed by atoms with Crippen molar-refractivity contribution in [1.82, 2.24) is 0 Å². The lowest BCUT2D eigenvalue weighted by Crippen LogP contribution is -2.46. The minimum atomic E-state index is -4.84. The predicted molar refractivity (Wildman–Crippen MR) is 98.4 cm³/mol. The number of halogens is 3. The van der Waals surface area contributed by atoms with Crippen LogP contribution in [0.15, 0.2) is 47.4 Å². The first-order valence-electron chi connectivity index (χ1n) is 8.34. The Morgan fingerprint density at radius 1 is 1.00 bits per heavy atom. The van der Waals surface area contributed by atoms with Crippen LogP contribution >= 0.6 is 0 Å². The summed E-state index contributed by atoms with van der Waals surface area (Å²) in [5, 5.41) is 14.1. The molecule has 1 aliphatic rings. The summed E-state index contributed by atoms with van der Waals surface area (Å²) < 4.78 is 62.9. The summed E-state index contributed by atoms with van der Waals surface area (Å²) in [6, 6.07) is 12.3. The Kier molecular flexibility index (Phi) is 5.23. The van der Waals surface area contributed by atoms with Crippen molar-refractivity contribution < 1.29 is 21.6 Å².